The monoisotopic (exact) mass is 230 g/mol. The summed E-state index contributed by atoms with van der Waals surface area (Å²) in [5.41, 5.74) is 4.38. The first-order valence-corrected chi connectivity index (χ1v) is 4.63. The Labute approximate surface area is 92.6 Å². The summed E-state index contributed by atoms with van der Waals surface area (Å²) in [5.74, 6) is -1.76. The fourth-order valence-electron chi connectivity index (χ4n) is 0.762. The van der Waals surface area contributed by atoms with E-state index in [-0.39, 0.29) is 13.2 Å². The van der Waals surface area contributed by atoms with Crippen LogP contribution < -0.4 is 11.1 Å². The lowest BCUT2D eigenvalue weighted by Crippen LogP contribution is -2.28. The molecule has 0 heterocycles. The van der Waals surface area contributed by atoms with Gasteiger partial charge >= 0.3 is 18.0 Å². The molecule has 0 aliphatic carbocycles. The average molecular weight is 230 g/mol. The zero-order chi connectivity index (χ0) is 12.6. The van der Waals surface area contributed by atoms with Crippen molar-refractivity contribution in [2.75, 3.05) is 13.2 Å². The minimum absolute atomic E-state index is 0.103. The smallest absolute Gasteiger partial charge is 0.347 e. The van der Waals surface area contributed by atoms with Crippen LogP contribution in [0.5, 0.6) is 0 Å². The van der Waals surface area contributed by atoms with Gasteiger partial charge in [-0.2, -0.15) is 0 Å². The van der Waals surface area contributed by atoms with E-state index in [4.69, 9.17) is 5.73 Å². The van der Waals surface area contributed by atoms with Crippen LogP contribution in [-0.4, -0.2) is 31.2 Å². The molecule has 0 aliphatic rings. The van der Waals surface area contributed by atoms with Crippen LogP contribution in [0.25, 0.3) is 0 Å². The summed E-state index contributed by atoms with van der Waals surface area (Å²) in [6.45, 7) is 3.38. The molecule has 7 heteroatoms. The van der Waals surface area contributed by atoms with Crippen LogP contribution in [0.3, 0.4) is 0 Å². The van der Waals surface area contributed by atoms with Crippen LogP contribution in [0.4, 0.5) is 4.79 Å². The molecule has 0 bridgehead atoms. The molecule has 0 aliphatic heterocycles. The van der Waals surface area contributed by atoms with Gasteiger partial charge in [0.1, 0.15) is 0 Å². The van der Waals surface area contributed by atoms with Crippen LogP contribution >= 0.6 is 0 Å². The number of carbonyl (C=O) groups excluding carboxylic acids is 3. The van der Waals surface area contributed by atoms with Crippen molar-refractivity contribution in [1.82, 2.24) is 5.32 Å². The first kappa shape index (κ1) is 13.9. The van der Waals surface area contributed by atoms with E-state index < -0.39 is 23.5 Å². The van der Waals surface area contributed by atoms with Gasteiger partial charge in [0.25, 0.3) is 0 Å². The van der Waals surface area contributed by atoms with E-state index in [0.29, 0.717) is 0 Å². The number of carbonyl (C=O) groups is 3. The highest BCUT2D eigenvalue weighted by Gasteiger charge is 2.20. The molecular formula is C9H14N2O5. The second-order valence-electron chi connectivity index (χ2n) is 2.51. The van der Waals surface area contributed by atoms with Crippen LogP contribution in [0.15, 0.2) is 11.8 Å². The van der Waals surface area contributed by atoms with E-state index in [1.165, 1.54) is 0 Å². The fraction of sp³-hybridized carbons (Fsp3) is 0.444. The molecule has 16 heavy (non-hydrogen) atoms. The lowest BCUT2D eigenvalue weighted by molar-refractivity contribution is -0.146. The number of ether oxygens (including phenoxy) is 2. The SMILES string of the molecule is CCOC(=O)C(=CNC(N)=O)C(=O)OCC. The van der Waals surface area contributed by atoms with Gasteiger partial charge in [-0.1, -0.05) is 0 Å². The quantitative estimate of drug-likeness (QED) is 0.291. The van der Waals surface area contributed by atoms with Crippen molar-refractivity contribution in [3.8, 4) is 0 Å². The third-order valence-corrected chi connectivity index (χ3v) is 1.35. The molecule has 90 valence electrons. The summed E-state index contributed by atoms with van der Waals surface area (Å²) < 4.78 is 9.21. The molecule has 3 N–H and O–H groups in total. The number of nitrogens with two attached hydrogens (primary N) is 1. The summed E-state index contributed by atoms with van der Waals surface area (Å²) in [4.78, 5) is 33.0. The topological polar surface area (TPSA) is 108 Å². The number of hydrogen-bond donors (Lipinski definition) is 2. The van der Waals surface area contributed by atoms with Crippen LogP contribution in [0.2, 0.25) is 0 Å². The van der Waals surface area contributed by atoms with Gasteiger partial charge in [-0.05, 0) is 13.8 Å². The Bertz CT molecular complexity index is 291. The number of nitrogens with one attached hydrogen (secondary N) is 1. The Morgan fingerprint density at radius 3 is 1.88 bits per heavy atom. The van der Waals surface area contributed by atoms with Crippen molar-refractivity contribution in [1.29, 1.82) is 0 Å². The van der Waals surface area contributed by atoms with Crippen molar-refractivity contribution < 1.29 is 23.9 Å². The second-order valence-corrected chi connectivity index (χ2v) is 2.51. The van der Waals surface area contributed by atoms with Gasteiger partial charge in [0.05, 0.1) is 13.2 Å². The summed E-state index contributed by atoms with van der Waals surface area (Å²) in [6, 6.07) is -0.897. The molecule has 7 nitrogen and oxygen atoms in total. The molecule has 0 aromatic rings. The summed E-state index contributed by atoms with van der Waals surface area (Å²) >= 11 is 0. The van der Waals surface area contributed by atoms with E-state index in [2.05, 4.69) is 9.47 Å². The van der Waals surface area contributed by atoms with Crippen molar-refractivity contribution >= 4 is 18.0 Å². The highest BCUT2D eigenvalue weighted by atomic mass is 16.6. The average Bonchev–Trinajstić information content (AvgIpc) is 2.18. The maximum absolute atomic E-state index is 11.3. The zero-order valence-electron chi connectivity index (χ0n) is 9.11. The molecular weight excluding hydrogens is 216 g/mol. The Hall–Kier alpha value is -2.05. The van der Waals surface area contributed by atoms with Gasteiger partial charge in [-0.25, -0.2) is 14.4 Å². The van der Waals surface area contributed by atoms with Crippen LogP contribution in [0, 0.1) is 0 Å². The Morgan fingerprint density at radius 1 is 1.12 bits per heavy atom. The second kappa shape index (κ2) is 7.27. The van der Waals surface area contributed by atoms with Gasteiger partial charge in [0, 0.05) is 6.20 Å². The minimum atomic E-state index is -0.897. The fourth-order valence-corrected chi connectivity index (χ4v) is 0.762. The highest BCUT2D eigenvalue weighted by Crippen LogP contribution is 2.00. The molecule has 2 amide bonds. The van der Waals surface area contributed by atoms with Crippen molar-refractivity contribution in [3.05, 3.63) is 11.8 Å². The lowest BCUT2D eigenvalue weighted by Gasteiger charge is -2.06. The predicted octanol–water partition coefficient (Wildman–Crippen LogP) is -0.335. The maximum atomic E-state index is 11.3. The minimum Gasteiger partial charge on any atom is -0.462 e. The van der Waals surface area contributed by atoms with Gasteiger partial charge < -0.3 is 20.5 Å². The molecule has 0 rings (SSSR count). The summed E-state index contributed by atoms with van der Waals surface area (Å²) in [5, 5.41) is 2.00. The highest BCUT2D eigenvalue weighted by molar-refractivity contribution is 6.14. The third-order valence-electron chi connectivity index (χ3n) is 1.35. The maximum Gasteiger partial charge on any atom is 0.347 e. The van der Waals surface area contributed by atoms with Crippen LogP contribution in [-0.2, 0) is 19.1 Å². The van der Waals surface area contributed by atoms with Gasteiger partial charge in [0.15, 0.2) is 5.57 Å². The zero-order valence-corrected chi connectivity index (χ0v) is 9.11. The Kier molecular flexibility index (Phi) is 6.34. The molecule has 0 aromatic heterocycles. The van der Waals surface area contributed by atoms with E-state index in [1.54, 1.807) is 13.8 Å². The first-order chi connectivity index (χ1) is 7.52. The lowest BCUT2D eigenvalue weighted by atomic mass is 10.3. The molecule has 0 aromatic carbocycles. The summed E-state index contributed by atoms with van der Waals surface area (Å²) in [6.07, 6.45) is 0.859. The largest absolute Gasteiger partial charge is 0.462 e. The van der Waals surface area contributed by atoms with E-state index in [0.717, 1.165) is 6.20 Å². The molecule has 0 saturated carbocycles. The molecule has 0 radical (unpaired) electrons. The number of hydrogen-bond acceptors (Lipinski definition) is 5. The van der Waals surface area contributed by atoms with Crippen molar-refractivity contribution in [3.63, 3.8) is 0 Å². The number of rotatable bonds is 5. The van der Waals surface area contributed by atoms with E-state index in [9.17, 15) is 14.4 Å². The number of primary amides is 1. The van der Waals surface area contributed by atoms with E-state index >= 15 is 0 Å². The Morgan fingerprint density at radius 2 is 1.56 bits per heavy atom. The number of esters is 2. The van der Waals surface area contributed by atoms with Crippen LogP contribution in [0.1, 0.15) is 13.8 Å². The summed E-state index contributed by atoms with van der Waals surface area (Å²) in [7, 11) is 0. The Balaban J connectivity index is 4.74. The first-order valence-electron chi connectivity index (χ1n) is 4.63. The predicted molar refractivity (Wildman–Crippen MR) is 54.1 cm³/mol. The standard InChI is InChI=1S/C9H14N2O5/c1-3-15-7(12)6(5-11-9(10)14)8(13)16-4-2/h5H,3-4H2,1-2H3,(H3,10,11,14). The van der Waals surface area contributed by atoms with Gasteiger partial charge in [-0.15, -0.1) is 0 Å². The third kappa shape index (κ3) is 4.99. The molecule has 0 atom stereocenters. The number of amides is 2. The molecule has 0 saturated heterocycles. The van der Waals surface area contributed by atoms with Gasteiger partial charge in [-0.3, -0.25) is 0 Å². The van der Waals surface area contributed by atoms with Gasteiger partial charge in [0.2, 0.25) is 0 Å². The van der Waals surface area contributed by atoms with Crippen molar-refractivity contribution in [2.45, 2.75) is 13.8 Å². The molecule has 0 unspecified atom stereocenters. The van der Waals surface area contributed by atoms with E-state index in [1.807, 2.05) is 5.32 Å². The normalized spacial score (nSPS) is 8.88. The van der Waals surface area contributed by atoms with Crippen molar-refractivity contribution in [2.24, 2.45) is 5.73 Å². The number of urea groups is 1. The molecule has 0 spiro atoms. The molecule has 0 fully saturated rings.